The standard InChI is InChI=1S/C25H25FN4O3/c1-13-8-18(2-3-19(13)26)30-20-11-17-12-27-29-24(17)28-22(20)21(15-9-16(10-15)25(31)32)23(30)14-4-6-33-7-5-14/h2-3,8,11-12,14-16H,4-7,9-10H2,1H3,(H,31,32)(H,27,28,29). The van der Waals surface area contributed by atoms with Crippen molar-refractivity contribution in [3.63, 3.8) is 0 Å². The second-order valence-corrected chi connectivity index (χ2v) is 9.32. The smallest absolute Gasteiger partial charge is 0.306 e. The molecule has 170 valence electrons. The number of aryl methyl sites for hydroxylation is 1. The number of carboxylic acid groups (broad SMARTS) is 1. The van der Waals surface area contributed by atoms with Crippen LogP contribution in [-0.4, -0.2) is 44.0 Å². The number of aromatic amines is 1. The molecule has 1 aromatic carbocycles. The molecule has 0 atom stereocenters. The summed E-state index contributed by atoms with van der Waals surface area (Å²) >= 11 is 0. The quantitative estimate of drug-likeness (QED) is 0.467. The molecule has 1 saturated heterocycles. The van der Waals surface area contributed by atoms with Crippen molar-refractivity contribution in [1.82, 2.24) is 19.7 Å². The monoisotopic (exact) mass is 448 g/mol. The highest BCUT2D eigenvalue weighted by molar-refractivity contribution is 5.94. The van der Waals surface area contributed by atoms with Gasteiger partial charge in [0.05, 0.1) is 23.1 Å². The molecule has 0 amide bonds. The normalized spacial score (nSPS) is 21.5. The molecule has 1 saturated carbocycles. The van der Waals surface area contributed by atoms with E-state index in [0.29, 0.717) is 37.3 Å². The van der Waals surface area contributed by atoms with Crippen LogP contribution in [0.15, 0.2) is 30.5 Å². The van der Waals surface area contributed by atoms with Crippen molar-refractivity contribution in [2.75, 3.05) is 13.2 Å². The van der Waals surface area contributed by atoms with E-state index in [-0.39, 0.29) is 23.6 Å². The summed E-state index contributed by atoms with van der Waals surface area (Å²) in [6.07, 6.45) is 4.74. The van der Waals surface area contributed by atoms with E-state index in [0.717, 1.165) is 40.5 Å². The van der Waals surface area contributed by atoms with Crippen molar-refractivity contribution in [1.29, 1.82) is 0 Å². The second-order valence-electron chi connectivity index (χ2n) is 9.32. The van der Waals surface area contributed by atoms with E-state index in [1.807, 2.05) is 12.1 Å². The van der Waals surface area contributed by atoms with Gasteiger partial charge in [-0.2, -0.15) is 5.10 Å². The Labute approximate surface area is 189 Å². The third kappa shape index (κ3) is 3.23. The van der Waals surface area contributed by atoms with E-state index in [2.05, 4.69) is 20.8 Å². The minimum absolute atomic E-state index is 0.127. The lowest BCUT2D eigenvalue weighted by Crippen LogP contribution is -2.30. The number of carboxylic acids is 1. The lowest BCUT2D eigenvalue weighted by atomic mass is 9.70. The van der Waals surface area contributed by atoms with Gasteiger partial charge in [-0.3, -0.25) is 9.89 Å². The summed E-state index contributed by atoms with van der Waals surface area (Å²) in [7, 11) is 0. The Bertz CT molecular complexity index is 1380. The number of H-pyrrole nitrogens is 1. The summed E-state index contributed by atoms with van der Waals surface area (Å²) < 4.78 is 22.0. The van der Waals surface area contributed by atoms with Gasteiger partial charge in [-0.15, -0.1) is 0 Å². The van der Waals surface area contributed by atoms with E-state index >= 15 is 0 Å². The van der Waals surface area contributed by atoms with Gasteiger partial charge in [0.25, 0.3) is 0 Å². The molecule has 0 spiro atoms. The molecule has 3 aromatic heterocycles. The molecule has 2 fully saturated rings. The molecular formula is C25H25FN4O3. The van der Waals surface area contributed by atoms with E-state index in [4.69, 9.17) is 9.72 Å². The van der Waals surface area contributed by atoms with E-state index < -0.39 is 5.97 Å². The number of rotatable bonds is 4. The average Bonchev–Trinajstić information content (AvgIpc) is 3.36. The van der Waals surface area contributed by atoms with Crippen LogP contribution >= 0.6 is 0 Å². The number of hydrogen-bond donors (Lipinski definition) is 2. The molecule has 2 N–H and O–H groups in total. The first-order valence-electron chi connectivity index (χ1n) is 11.5. The van der Waals surface area contributed by atoms with Crippen molar-refractivity contribution >= 4 is 28.0 Å². The first-order chi connectivity index (χ1) is 16.0. The minimum Gasteiger partial charge on any atom is -0.481 e. The van der Waals surface area contributed by atoms with Crippen molar-refractivity contribution in [2.24, 2.45) is 5.92 Å². The summed E-state index contributed by atoms with van der Waals surface area (Å²) in [6.45, 7) is 3.15. The zero-order valence-corrected chi connectivity index (χ0v) is 18.3. The number of fused-ring (bicyclic) bond motifs is 2. The fourth-order valence-corrected chi connectivity index (χ4v) is 5.49. The Morgan fingerprint density at radius 3 is 2.73 bits per heavy atom. The van der Waals surface area contributed by atoms with Gasteiger partial charge in [0, 0.05) is 41.5 Å². The molecule has 0 bridgehead atoms. The Morgan fingerprint density at radius 2 is 2.00 bits per heavy atom. The molecule has 2 aliphatic rings. The molecule has 4 aromatic rings. The lowest BCUT2D eigenvalue weighted by molar-refractivity contribution is -0.145. The van der Waals surface area contributed by atoms with Crippen LogP contribution in [0.1, 0.15) is 54.3 Å². The summed E-state index contributed by atoms with van der Waals surface area (Å²) in [6, 6.07) is 7.29. The van der Waals surface area contributed by atoms with Gasteiger partial charge in [0.2, 0.25) is 0 Å². The highest BCUT2D eigenvalue weighted by Gasteiger charge is 2.40. The van der Waals surface area contributed by atoms with Crippen molar-refractivity contribution < 1.29 is 19.0 Å². The van der Waals surface area contributed by atoms with Crippen LogP contribution in [0.3, 0.4) is 0 Å². The number of pyridine rings is 1. The predicted molar refractivity (Wildman–Crippen MR) is 121 cm³/mol. The zero-order valence-electron chi connectivity index (χ0n) is 18.3. The second kappa shape index (κ2) is 7.66. The van der Waals surface area contributed by atoms with Gasteiger partial charge in [-0.25, -0.2) is 9.37 Å². The summed E-state index contributed by atoms with van der Waals surface area (Å²) in [4.78, 5) is 16.5. The fraction of sp³-hybridized carbons (Fsp3) is 0.400. The maximum atomic E-state index is 14.2. The summed E-state index contributed by atoms with van der Waals surface area (Å²) in [5, 5.41) is 17.5. The highest BCUT2D eigenvalue weighted by atomic mass is 19.1. The van der Waals surface area contributed by atoms with Gasteiger partial charge in [0.15, 0.2) is 5.65 Å². The number of benzene rings is 1. The number of nitrogens with one attached hydrogen (secondary N) is 1. The molecule has 0 unspecified atom stereocenters. The Balaban J connectivity index is 1.65. The predicted octanol–water partition coefficient (Wildman–Crippen LogP) is 4.82. The van der Waals surface area contributed by atoms with Gasteiger partial charge in [-0.05, 0) is 68.4 Å². The van der Waals surface area contributed by atoms with E-state index in [9.17, 15) is 14.3 Å². The number of ether oxygens (including phenoxy) is 1. The van der Waals surface area contributed by atoms with Crippen molar-refractivity contribution in [2.45, 2.75) is 44.4 Å². The highest BCUT2D eigenvalue weighted by Crippen LogP contribution is 2.49. The Morgan fingerprint density at radius 1 is 1.21 bits per heavy atom. The molecule has 7 nitrogen and oxygen atoms in total. The van der Waals surface area contributed by atoms with E-state index in [1.54, 1.807) is 13.1 Å². The fourth-order valence-electron chi connectivity index (χ4n) is 5.49. The van der Waals surface area contributed by atoms with Crippen LogP contribution in [0.4, 0.5) is 4.39 Å². The van der Waals surface area contributed by atoms with Gasteiger partial charge >= 0.3 is 5.97 Å². The van der Waals surface area contributed by atoms with Crippen molar-refractivity contribution in [3.8, 4) is 5.69 Å². The number of nitrogens with zero attached hydrogens (tertiary/aromatic N) is 3. The number of carbonyl (C=O) groups is 1. The van der Waals surface area contributed by atoms with Crippen LogP contribution in [0, 0.1) is 18.7 Å². The first kappa shape index (κ1) is 20.4. The maximum Gasteiger partial charge on any atom is 0.306 e. The van der Waals surface area contributed by atoms with Gasteiger partial charge in [0.1, 0.15) is 5.82 Å². The summed E-state index contributed by atoms with van der Waals surface area (Å²) in [5.74, 6) is -0.905. The van der Waals surface area contributed by atoms with Crippen LogP contribution in [-0.2, 0) is 9.53 Å². The third-order valence-corrected chi connectivity index (χ3v) is 7.32. The molecule has 1 aliphatic carbocycles. The lowest BCUT2D eigenvalue weighted by Gasteiger charge is -2.35. The number of hydrogen-bond acceptors (Lipinski definition) is 4. The van der Waals surface area contributed by atoms with Crippen molar-refractivity contribution in [3.05, 3.63) is 53.1 Å². The number of halogens is 1. The van der Waals surface area contributed by atoms with Gasteiger partial charge in [-0.1, -0.05) is 0 Å². The molecule has 1 aliphatic heterocycles. The molecule has 6 rings (SSSR count). The summed E-state index contributed by atoms with van der Waals surface area (Å²) in [5.41, 5.74) is 6.32. The molecule has 8 heteroatoms. The Kier molecular flexibility index (Phi) is 4.72. The van der Waals surface area contributed by atoms with E-state index in [1.165, 1.54) is 11.8 Å². The molecule has 0 radical (unpaired) electrons. The Hall–Kier alpha value is -3.26. The zero-order chi connectivity index (χ0) is 22.7. The molecular weight excluding hydrogens is 423 g/mol. The molecule has 4 heterocycles. The largest absolute Gasteiger partial charge is 0.481 e. The van der Waals surface area contributed by atoms with Crippen LogP contribution in [0.25, 0.3) is 27.8 Å². The van der Waals surface area contributed by atoms with Crippen LogP contribution < -0.4 is 0 Å². The average molecular weight is 448 g/mol. The maximum absolute atomic E-state index is 14.2. The van der Waals surface area contributed by atoms with Crippen LogP contribution in [0.2, 0.25) is 0 Å². The van der Waals surface area contributed by atoms with Gasteiger partial charge < -0.3 is 14.4 Å². The third-order valence-electron chi connectivity index (χ3n) is 7.32. The SMILES string of the molecule is Cc1cc(-n2c(C3CCOCC3)c(C3CC(C(=O)O)C3)c3nc4[nH]ncc4cc32)ccc1F. The topological polar surface area (TPSA) is 93.0 Å². The number of aromatic nitrogens is 4. The van der Waals surface area contributed by atoms with Crippen LogP contribution in [0.5, 0.6) is 0 Å². The number of aliphatic carboxylic acids is 1. The first-order valence-corrected chi connectivity index (χ1v) is 11.5. The minimum atomic E-state index is -0.735. The molecule has 33 heavy (non-hydrogen) atoms.